The highest BCUT2D eigenvalue weighted by molar-refractivity contribution is 8.02. The number of aryl methyl sites for hydroxylation is 1. The number of benzene rings is 1. The molecular formula is C13H16N4OS2. The van der Waals surface area contributed by atoms with Gasteiger partial charge in [-0.1, -0.05) is 35.2 Å². The summed E-state index contributed by atoms with van der Waals surface area (Å²) >= 11 is 2.64. The van der Waals surface area contributed by atoms with Gasteiger partial charge in [0.15, 0.2) is 4.34 Å². The molecule has 20 heavy (non-hydrogen) atoms. The van der Waals surface area contributed by atoms with Gasteiger partial charge in [-0.2, -0.15) is 0 Å². The predicted octanol–water partition coefficient (Wildman–Crippen LogP) is 2.86. The lowest BCUT2D eigenvalue weighted by Gasteiger charge is -2.13. The summed E-state index contributed by atoms with van der Waals surface area (Å²) in [6.07, 6.45) is 0. The summed E-state index contributed by atoms with van der Waals surface area (Å²) in [4.78, 5) is 12.2. The molecule has 0 saturated heterocycles. The maximum Gasteiger partial charge on any atom is 0.237 e. The first-order valence-electron chi connectivity index (χ1n) is 6.10. The molecule has 0 spiro atoms. The molecule has 1 unspecified atom stereocenters. The van der Waals surface area contributed by atoms with Gasteiger partial charge >= 0.3 is 0 Å². The topological polar surface area (TPSA) is 80.9 Å². The quantitative estimate of drug-likeness (QED) is 0.849. The highest BCUT2D eigenvalue weighted by atomic mass is 32.2. The second-order valence-electron chi connectivity index (χ2n) is 4.40. The van der Waals surface area contributed by atoms with Gasteiger partial charge in [0.05, 0.1) is 5.25 Å². The summed E-state index contributed by atoms with van der Waals surface area (Å²) in [6, 6.07) is 5.86. The number of amides is 1. The minimum atomic E-state index is -0.262. The molecule has 1 aromatic heterocycles. The standard InChI is InChI=1S/C13H16N4OS2/c1-7-5-4-6-10(8(7)2)15-11(18)9(3)19-13-17-16-12(14)20-13/h4-6,9H,1-3H3,(H2,14,16)(H,15,18). The molecule has 1 aromatic carbocycles. The zero-order valence-corrected chi connectivity index (χ0v) is 13.1. The summed E-state index contributed by atoms with van der Waals surface area (Å²) < 4.78 is 0.700. The molecule has 0 aliphatic carbocycles. The molecule has 5 nitrogen and oxygen atoms in total. The van der Waals surface area contributed by atoms with E-state index in [-0.39, 0.29) is 11.2 Å². The SMILES string of the molecule is Cc1cccc(NC(=O)C(C)Sc2nnc(N)s2)c1C. The normalized spacial score (nSPS) is 12.2. The molecular weight excluding hydrogens is 292 g/mol. The third-order valence-corrected chi connectivity index (χ3v) is 4.87. The van der Waals surface area contributed by atoms with E-state index in [4.69, 9.17) is 5.73 Å². The third kappa shape index (κ3) is 3.49. The molecule has 1 amide bonds. The van der Waals surface area contributed by atoms with Crippen LogP contribution in [0.2, 0.25) is 0 Å². The van der Waals surface area contributed by atoms with Crippen molar-refractivity contribution in [3.05, 3.63) is 29.3 Å². The number of thioether (sulfide) groups is 1. The Morgan fingerprint density at radius 1 is 1.40 bits per heavy atom. The van der Waals surface area contributed by atoms with Crippen molar-refractivity contribution >= 4 is 39.8 Å². The molecule has 0 saturated carbocycles. The van der Waals surface area contributed by atoms with Gasteiger partial charge in [-0.15, -0.1) is 10.2 Å². The van der Waals surface area contributed by atoms with Crippen LogP contribution >= 0.6 is 23.1 Å². The van der Waals surface area contributed by atoms with E-state index >= 15 is 0 Å². The molecule has 0 aliphatic rings. The number of carbonyl (C=O) groups excluding carboxylic acids is 1. The molecule has 2 aromatic rings. The highest BCUT2D eigenvalue weighted by Gasteiger charge is 2.17. The summed E-state index contributed by atoms with van der Waals surface area (Å²) in [7, 11) is 0. The monoisotopic (exact) mass is 308 g/mol. The number of hydrogen-bond donors (Lipinski definition) is 2. The van der Waals surface area contributed by atoms with Gasteiger partial charge in [0.1, 0.15) is 0 Å². The van der Waals surface area contributed by atoms with Gasteiger partial charge in [-0.25, -0.2) is 0 Å². The zero-order valence-electron chi connectivity index (χ0n) is 11.5. The lowest BCUT2D eigenvalue weighted by Crippen LogP contribution is -2.22. The smallest absolute Gasteiger partial charge is 0.237 e. The first-order valence-corrected chi connectivity index (χ1v) is 7.79. The van der Waals surface area contributed by atoms with Gasteiger partial charge in [-0.05, 0) is 38.0 Å². The molecule has 106 valence electrons. The molecule has 0 bridgehead atoms. The number of anilines is 2. The summed E-state index contributed by atoms with van der Waals surface area (Å²) in [5.74, 6) is -0.0579. The van der Waals surface area contributed by atoms with Crippen molar-refractivity contribution in [2.75, 3.05) is 11.1 Å². The number of rotatable bonds is 4. The van der Waals surface area contributed by atoms with Crippen molar-refractivity contribution in [2.24, 2.45) is 0 Å². The molecule has 7 heteroatoms. The average molecular weight is 308 g/mol. The second-order valence-corrected chi connectivity index (χ2v) is 7.00. The highest BCUT2D eigenvalue weighted by Crippen LogP contribution is 2.28. The van der Waals surface area contributed by atoms with Crippen molar-refractivity contribution in [3.8, 4) is 0 Å². The Morgan fingerprint density at radius 3 is 2.80 bits per heavy atom. The van der Waals surface area contributed by atoms with Crippen molar-refractivity contribution in [2.45, 2.75) is 30.4 Å². The van der Waals surface area contributed by atoms with Crippen molar-refractivity contribution in [1.29, 1.82) is 0 Å². The van der Waals surface area contributed by atoms with Gasteiger partial charge < -0.3 is 11.1 Å². The van der Waals surface area contributed by atoms with Gasteiger partial charge in [0, 0.05) is 5.69 Å². The van der Waals surface area contributed by atoms with E-state index in [1.807, 2.05) is 39.0 Å². The number of hydrogen-bond acceptors (Lipinski definition) is 6. The van der Waals surface area contributed by atoms with Crippen LogP contribution in [0.1, 0.15) is 18.1 Å². The molecule has 2 rings (SSSR count). The Labute approximate surface area is 126 Å². The largest absolute Gasteiger partial charge is 0.374 e. The van der Waals surface area contributed by atoms with E-state index in [9.17, 15) is 4.79 Å². The Kier molecular flexibility index (Phi) is 4.61. The fraction of sp³-hybridized carbons (Fsp3) is 0.308. The number of carbonyl (C=O) groups is 1. The molecule has 1 atom stereocenters. The van der Waals surface area contributed by atoms with E-state index in [0.29, 0.717) is 9.47 Å². The van der Waals surface area contributed by atoms with Crippen LogP contribution in [0.25, 0.3) is 0 Å². The fourth-order valence-electron chi connectivity index (χ4n) is 1.59. The molecule has 3 N–H and O–H groups in total. The van der Waals surface area contributed by atoms with Gasteiger partial charge in [-0.3, -0.25) is 4.79 Å². The maximum absolute atomic E-state index is 12.2. The Hall–Kier alpha value is -1.60. The second kappa shape index (κ2) is 6.23. The van der Waals surface area contributed by atoms with E-state index in [2.05, 4.69) is 15.5 Å². The lowest BCUT2D eigenvalue weighted by molar-refractivity contribution is -0.115. The predicted molar refractivity (Wildman–Crippen MR) is 84.2 cm³/mol. The number of nitrogen functional groups attached to an aromatic ring is 1. The first kappa shape index (κ1) is 14.8. The summed E-state index contributed by atoms with van der Waals surface area (Å²) in [6.45, 7) is 5.85. The third-order valence-electron chi connectivity index (χ3n) is 2.93. The van der Waals surface area contributed by atoms with Crippen LogP contribution in [0.5, 0.6) is 0 Å². The zero-order chi connectivity index (χ0) is 14.7. The van der Waals surface area contributed by atoms with Crippen molar-refractivity contribution < 1.29 is 4.79 Å². The van der Waals surface area contributed by atoms with Gasteiger partial charge in [0.2, 0.25) is 11.0 Å². The van der Waals surface area contributed by atoms with E-state index in [1.165, 1.54) is 23.1 Å². The Morgan fingerprint density at radius 2 is 2.15 bits per heavy atom. The van der Waals surface area contributed by atoms with Crippen LogP contribution in [0.4, 0.5) is 10.8 Å². The van der Waals surface area contributed by atoms with Crippen LogP contribution in [-0.2, 0) is 4.79 Å². The number of nitrogens with one attached hydrogen (secondary N) is 1. The fourth-order valence-corrected chi connectivity index (χ4v) is 3.37. The van der Waals surface area contributed by atoms with Gasteiger partial charge in [0.25, 0.3) is 0 Å². The van der Waals surface area contributed by atoms with Crippen LogP contribution in [0.3, 0.4) is 0 Å². The number of nitrogens with zero attached hydrogens (tertiary/aromatic N) is 2. The van der Waals surface area contributed by atoms with E-state index < -0.39 is 0 Å². The maximum atomic E-state index is 12.2. The first-order chi connectivity index (χ1) is 9.47. The van der Waals surface area contributed by atoms with Crippen molar-refractivity contribution in [3.63, 3.8) is 0 Å². The number of nitrogens with two attached hydrogens (primary N) is 1. The van der Waals surface area contributed by atoms with Crippen LogP contribution < -0.4 is 11.1 Å². The molecule has 0 radical (unpaired) electrons. The van der Waals surface area contributed by atoms with E-state index in [1.54, 1.807) is 0 Å². The molecule has 0 fully saturated rings. The lowest BCUT2D eigenvalue weighted by atomic mass is 10.1. The van der Waals surface area contributed by atoms with Crippen LogP contribution in [0, 0.1) is 13.8 Å². The Bertz CT molecular complexity index is 627. The molecule has 0 aliphatic heterocycles. The summed E-state index contributed by atoms with van der Waals surface area (Å²) in [5.41, 5.74) is 8.60. The summed E-state index contributed by atoms with van der Waals surface area (Å²) in [5, 5.41) is 10.7. The van der Waals surface area contributed by atoms with Crippen LogP contribution in [0.15, 0.2) is 22.5 Å². The molecule has 1 heterocycles. The Balaban J connectivity index is 2.02. The number of aromatic nitrogens is 2. The minimum Gasteiger partial charge on any atom is -0.374 e. The van der Waals surface area contributed by atoms with E-state index in [0.717, 1.165) is 16.8 Å². The van der Waals surface area contributed by atoms with Crippen molar-refractivity contribution in [1.82, 2.24) is 10.2 Å². The average Bonchev–Trinajstić information content (AvgIpc) is 2.80. The van der Waals surface area contributed by atoms with Crippen LogP contribution in [-0.4, -0.2) is 21.4 Å². The minimum absolute atomic E-state index is 0.0579.